The molecule has 0 fully saturated rings. The zero-order chi connectivity index (χ0) is 24.7. The average Bonchev–Trinajstić information content (AvgIpc) is 2.91. The lowest BCUT2D eigenvalue weighted by Gasteiger charge is -2.36. The number of rotatable bonds is 8. The van der Waals surface area contributed by atoms with Crippen molar-refractivity contribution in [1.29, 1.82) is 5.26 Å². The highest BCUT2D eigenvalue weighted by Crippen LogP contribution is 2.34. The second kappa shape index (κ2) is 11.5. The fourth-order valence-corrected chi connectivity index (χ4v) is 4.43. The molecular formula is C26H30FN5O2. The van der Waals surface area contributed by atoms with Crippen LogP contribution in [-0.2, 0) is 4.84 Å². The molecule has 0 spiro atoms. The SMILES string of the molecule is CN=CC(=CN)C1[C@@H](CONc2cc(F)cc(C#N)c2)c2ccccc2C(=O)CN1CC(C)C. The van der Waals surface area contributed by atoms with Crippen molar-refractivity contribution in [2.24, 2.45) is 16.6 Å². The lowest BCUT2D eigenvalue weighted by atomic mass is 9.85. The summed E-state index contributed by atoms with van der Waals surface area (Å²) in [6, 6.07) is 13.1. The first-order valence-corrected chi connectivity index (χ1v) is 11.2. The first kappa shape index (κ1) is 25.1. The van der Waals surface area contributed by atoms with Crippen LogP contribution in [0.15, 0.2) is 59.2 Å². The van der Waals surface area contributed by atoms with Crippen molar-refractivity contribution in [3.8, 4) is 6.07 Å². The molecule has 0 bridgehead atoms. The summed E-state index contributed by atoms with van der Waals surface area (Å²) < 4.78 is 13.8. The van der Waals surface area contributed by atoms with E-state index in [1.807, 2.05) is 30.3 Å². The van der Waals surface area contributed by atoms with Gasteiger partial charge in [0.15, 0.2) is 5.78 Å². The van der Waals surface area contributed by atoms with Crippen LogP contribution in [0.2, 0.25) is 0 Å². The number of nitrogens with one attached hydrogen (secondary N) is 1. The van der Waals surface area contributed by atoms with E-state index in [0.717, 1.165) is 17.2 Å². The van der Waals surface area contributed by atoms with E-state index in [2.05, 4.69) is 29.2 Å². The van der Waals surface area contributed by atoms with E-state index in [4.69, 9.17) is 15.8 Å². The Kier molecular flexibility index (Phi) is 8.52. The minimum atomic E-state index is -0.538. The number of anilines is 1. The standard InChI is InChI=1S/C26H30FN5O2/c1-17(2)14-32-15-25(33)23-7-5-4-6-22(23)24(26(32)19(12-29)13-30-3)16-34-31-21-9-18(11-28)8-20(27)10-21/h4-10,12-13,17,24,26,31H,14-16,29H2,1-3H3/t24-,26?/m0/s1. The molecule has 178 valence electrons. The number of fused-ring (bicyclic) bond motifs is 1. The van der Waals surface area contributed by atoms with Crippen molar-refractivity contribution in [2.45, 2.75) is 25.8 Å². The number of hydrogen-bond acceptors (Lipinski definition) is 7. The van der Waals surface area contributed by atoms with Gasteiger partial charge in [-0.2, -0.15) is 5.26 Å². The lowest BCUT2D eigenvalue weighted by molar-refractivity contribution is 0.0864. The Morgan fingerprint density at radius 1 is 1.38 bits per heavy atom. The van der Waals surface area contributed by atoms with Crippen molar-refractivity contribution in [3.05, 3.63) is 76.7 Å². The highest BCUT2D eigenvalue weighted by atomic mass is 19.1. The molecule has 7 nitrogen and oxygen atoms in total. The summed E-state index contributed by atoms with van der Waals surface area (Å²) >= 11 is 0. The summed E-state index contributed by atoms with van der Waals surface area (Å²) in [5.74, 6) is -0.467. The van der Waals surface area contributed by atoms with Crippen LogP contribution in [0.25, 0.3) is 0 Å². The number of nitrogens with zero attached hydrogens (tertiary/aromatic N) is 3. The number of ketones is 1. The van der Waals surface area contributed by atoms with E-state index in [9.17, 15) is 9.18 Å². The maximum atomic E-state index is 13.8. The Labute approximate surface area is 199 Å². The summed E-state index contributed by atoms with van der Waals surface area (Å²) in [4.78, 5) is 25.3. The number of nitrogens with two attached hydrogens (primary N) is 1. The molecule has 1 aliphatic heterocycles. The van der Waals surface area contributed by atoms with Crippen molar-refractivity contribution in [2.75, 3.05) is 32.2 Å². The monoisotopic (exact) mass is 463 g/mol. The van der Waals surface area contributed by atoms with Crippen LogP contribution in [0, 0.1) is 23.1 Å². The van der Waals surface area contributed by atoms with Gasteiger partial charge in [-0.3, -0.25) is 25.0 Å². The normalized spacial score (nSPS) is 19.2. The van der Waals surface area contributed by atoms with Gasteiger partial charge in [-0.15, -0.1) is 0 Å². The number of carbonyl (C=O) groups is 1. The van der Waals surface area contributed by atoms with Gasteiger partial charge in [0.2, 0.25) is 0 Å². The molecule has 2 atom stereocenters. The average molecular weight is 464 g/mol. The predicted molar refractivity (Wildman–Crippen MR) is 131 cm³/mol. The second-order valence-electron chi connectivity index (χ2n) is 8.69. The molecule has 0 amide bonds. The summed E-state index contributed by atoms with van der Waals surface area (Å²) in [5.41, 5.74) is 11.6. The number of hydrogen-bond donors (Lipinski definition) is 2. The first-order valence-electron chi connectivity index (χ1n) is 11.2. The second-order valence-corrected chi connectivity index (χ2v) is 8.69. The van der Waals surface area contributed by atoms with E-state index >= 15 is 0 Å². The molecule has 34 heavy (non-hydrogen) atoms. The van der Waals surface area contributed by atoms with Gasteiger partial charge in [0, 0.05) is 49.1 Å². The molecule has 1 aliphatic rings. The minimum Gasteiger partial charge on any atom is -0.404 e. The van der Waals surface area contributed by atoms with Gasteiger partial charge in [0.1, 0.15) is 5.82 Å². The van der Waals surface area contributed by atoms with Crippen LogP contribution in [0.1, 0.15) is 41.3 Å². The fourth-order valence-electron chi connectivity index (χ4n) is 4.43. The Balaban J connectivity index is 2.00. The number of nitriles is 1. The summed E-state index contributed by atoms with van der Waals surface area (Å²) in [7, 11) is 1.68. The Bertz CT molecular complexity index is 1120. The number of carbonyl (C=O) groups excluding carboxylic acids is 1. The third kappa shape index (κ3) is 5.87. The third-order valence-electron chi connectivity index (χ3n) is 5.67. The number of benzene rings is 2. The highest BCUT2D eigenvalue weighted by Gasteiger charge is 2.38. The van der Waals surface area contributed by atoms with E-state index < -0.39 is 5.82 Å². The molecule has 2 aromatic rings. The van der Waals surface area contributed by atoms with Gasteiger partial charge < -0.3 is 5.73 Å². The fraction of sp³-hybridized carbons (Fsp3) is 0.346. The molecule has 0 radical (unpaired) electrons. The van der Waals surface area contributed by atoms with Gasteiger partial charge in [-0.1, -0.05) is 38.1 Å². The van der Waals surface area contributed by atoms with Crippen molar-refractivity contribution < 1.29 is 14.0 Å². The van der Waals surface area contributed by atoms with E-state index in [-0.39, 0.29) is 36.5 Å². The van der Waals surface area contributed by atoms with Crippen molar-refractivity contribution >= 4 is 17.7 Å². The largest absolute Gasteiger partial charge is 0.404 e. The first-order chi connectivity index (χ1) is 16.4. The van der Waals surface area contributed by atoms with E-state index in [1.165, 1.54) is 18.3 Å². The van der Waals surface area contributed by atoms with Crippen LogP contribution in [0.4, 0.5) is 10.1 Å². The van der Waals surface area contributed by atoms with Crippen molar-refractivity contribution in [3.63, 3.8) is 0 Å². The van der Waals surface area contributed by atoms with Crippen LogP contribution < -0.4 is 11.2 Å². The molecule has 1 unspecified atom stereocenters. The predicted octanol–water partition coefficient (Wildman–Crippen LogP) is 3.89. The molecular weight excluding hydrogens is 433 g/mol. The van der Waals surface area contributed by atoms with Gasteiger partial charge in [0.05, 0.1) is 30.5 Å². The molecule has 0 aliphatic carbocycles. The van der Waals surface area contributed by atoms with Gasteiger partial charge in [-0.05, 0) is 29.7 Å². The molecule has 0 saturated carbocycles. The maximum absolute atomic E-state index is 13.8. The van der Waals surface area contributed by atoms with Crippen LogP contribution >= 0.6 is 0 Å². The Hall–Kier alpha value is -3.54. The summed E-state index contributed by atoms with van der Waals surface area (Å²) in [6.07, 6.45) is 3.23. The number of halogens is 1. The highest BCUT2D eigenvalue weighted by molar-refractivity contribution is 6.00. The van der Waals surface area contributed by atoms with E-state index in [1.54, 1.807) is 13.3 Å². The molecule has 0 aromatic heterocycles. The topological polar surface area (TPSA) is 104 Å². The molecule has 0 saturated heterocycles. The number of aliphatic imine (C=N–C) groups is 1. The Morgan fingerprint density at radius 2 is 2.15 bits per heavy atom. The van der Waals surface area contributed by atoms with Crippen LogP contribution in [0.5, 0.6) is 0 Å². The lowest BCUT2D eigenvalue weighted by Crippen LogP contribution is -2.45. The Morgan fingerprint density at radius 3 is 2.82 bits per heavy atom. The zero-order valence-electron chi connectivity index (χ0n) is 19.7. The molecule has 3 rings (SSSR count). The third-order valence-corrected chi connectivity index (χ3v) is 5.67. The molecule has 8 heteroatoms. The maximum Gasteiger partial charge on any atom is 0.177 e. The van der Waals surface area contributed by atoms with Crippen molar-refractivity contribution in [1.82, 2.24) is 4.90 Å². The van der Waals surface area contributed by atoms with Gasteiger partial charge in [-0.25, -0.2) is 4.39 Å². The zero-order valence-corrected chi connectivity index (χ0v) is 19.7. The van der Waals surface area contributed by atoms with E-state index in [0.29, 0.717) is 23.7 Å². The molecule has 1 heterocycles. The summed E-state index contributed by atoms with van der Waals surface area (Å²) in [6.45, 7) is 5.29. The minimum absolute atomic E-state index is 0.0327. The van der Waals surface area contributed by atoms with Gasteiger partial charge in [0.25, 0.3) is 0 Å². The quantitative estimate of drug-likeness (QED) is 0.455. The smallest absolute Gasteiger partial charge is 0.177 e. The molecule has 2 aromatic carbocycles. The van der Waals surface area contributed by atoms with Gasteiger partial charge >= 0.3 is 0 Å². The number of Topliss-reactive ketones (excluding diaryl/α,β-unsaturated/α-hetero) is 1. The summed E-state index contributed by atoms with van der Waals surface area (Å²) in [5, 5.41) is 9.10. The van der Waals surface area contributed by atoms with Crippen LogP contribution in [0.3, 0.4) is 0 Å². The molecule has 3 N–H and O–H groups in total. The van der Waals surface area contributed by atoms with Crippen LogP contribution in [-0.4, -0.2) is 49.7 Å².